The number of carbonyl (C=O) groups is 2. The summed E-state index contributed by atoms with van der Waals surface area (Å²) in [7, 11) is 0. The van der Waals surface area contributed by atoms with E-state index in [4.69, 9.17) is 0 Å². The number of benzene rings is 2. The zero-order valence-corrected chi connectivity index (χ0v) is 13.8. The lowest BCUT2D eigenvalue weighted by atomic mass is 9.73. The van der Waals surface area contributed by atoms with Crippen LogP contribution in [0.25, 0.3) is 11.1 Å². The molecule has 0 aliphatic heterocycles. The van der Waals surface area contributed by atoms with Crippen LogP contribution < -0.4 is 0 Å². The third kappa shape index (κ3) is 2.56. The summed E-state index contributed by atoms with van der Waals surface area (Å²) < 4.78 is 0. The first-order chi connectivity index (χ1) is 11.4. The summed E-state index contributed by atoms with van der Waals surface area (Å²) in [6, 6.07) is 15.1. The van der Waals surface area contributed by atoms with Crippen LogP contribution in [0, 0.1) is 0 Å². The van der Waals surface area contributed by atoms with Crippen LogP contribution in [-0.2, 0) is 0 Å². The van der Waals surface area contributed by atoms with E-state index >= 15 is 0 Å². The molecule has 0 saturated heterocycles. The Balaban J connectivity index is 2.06. The van der Waals surface area contributed by atoms with E-state index in [1.807, 2.05) is 48.5 Å². The molecule has 0 spiro atoms. The van der Waals surface area contributed by atoms with Gasteiger partial charge in [-0.15, -0.1) is 0 Å². The van der Waals surface area contributed by atoms with Crippen LogP contribution in [0.3, 0.4) is 0 Å². The highest BCUT2D eigenvalue weighted by molar-refractivity contribution is 6.17. The molecule has 2 nitrogen and oxygen atoms in total. The molecule has 1 aliphatic carbocycles. The van der Waals surface area contributed by atoms with Gasteiger partial charge in [0, 0.05) is 11.1 Å². The van der Waals surface area contributed by atoms with E-state index in [1.54, 1.807) is 13.8 Å². The van der Waals surface area contributed by atoms with Crippen molar-refractivity contribution in [2.24, 2.45) is 0 Å². The minimum Gasteiger partial charge on any atom is -0.295 e. The van der Waals surface area contributed by atoms with Crippen molar-refractivity contribution in [2.45, 2.75) is 13.8 Å². The zero-order chi connectivity index (χ0) is 17.4. The van der Waals surface area contributed by atoms with Crippen LogP contribution >= 0.6 is 0 Å². The Hall–Kier alpha value is -3.00. The molecule has 2 heteroatoms. The first kappa shape index (κ1) is 15.9. The molecular weight excluding hydrogens is 296 g/mol. The van der Waals surface area contributed by atoms with Crippen molar-refractivity contribution < 1.29 is 9.59 Å². The van der Waals surface area contributed by atoms with E-state index in [0.29, 0.717) is 11.1 Å². The average Bonchev–Trinajstić information content (AvgIpc) is 2.59. The van der Waals surface area contributed by atoms with Gasteiger partial charge in [-0.1, -0.05) is 61.7 Å². The minimum atomic E-state index is 0.0485. The summed E-state index contributed by atoms with van der Waals surface area (Å²) in [6.07, 6.45) is 0. The summed E-state index contributed by atoms with van der Waals surface area (Å²) in [6.45, 7) is 11.3. The van der Waals surface area contributed by atoms with Crippen LogP contribution in [0.15, 0.2) is 72.8 Å². The predicted octanol–water partition coefficient (Wildman–Crippen LogP) is 5.13. The van der Waals surface area contributed by atoms with Gasteiger partial charge in [0.1, 0.15) is 0 Å². The summed E-state index contributed by atoms with van der Waals surface area (Å²) >= 11 is 0. The fourth-order valence-electron chi connectivity index (χ4n) is 2.92. The van der Waals surface area contributed by atoms with E-state index < -0.39 is 0 Å². The van der Waals surface area contributed by atoms with Gasteiger partial charge in [0.2, 0.25) is 0 Å². The van der Waals surface area contributed by atoms with Crippen LogP contribution in [0.5, 0.6) is 0 Å². The normalized spacial score (nSPS) is 13.8. The quantitative estimate of drug-likeness (QED) is 0.733. The second-order valence-electron chi connectivity index (χ2n) is 5.97. The fraction of sp³-hybridized carbons (Fsp3) is 0.0909. The molecule has 24 heavy (non-hydrogen) atoms. The molecule has 0 atom stereocenters. The summed E-state index contributed by atoms with van der Waals surface area (Å²) in [5.41, 5.74) is 7.33. The van der Waals surface area contributed by atoms with Gasteiger partial charge in [0.15, 0.2) is 11.6 Å². The van der Waals surface area contributed by atoms with Crippen molar-refractivity contribution >= 4 is 22.7 Å². The maximum absolute atomic E-state index is 11.4. The molecular formula is C22H18O2. The Morgan fingerprint density at radius 1 is 0.625 bits per heavy atom. The average molecular weight is 314 g/mol. The first-order valence-electron chi connectivity index (χ1n) is 7.76. The van der Waals surface area contributed by atoms with Gasteiger partial charge in [0.05, 0.1) is 0 Å². The molecule has 0 aromatic heterocycles. The molecule has 0 unspecified atom stereocenters. The Labute approximate surface area is 141 Å². The van der Waals surface area contributed by atoms with Gasteiger partial charge in [-0.25, -0.2) is 0 Å². The molecule has 1 aliphatic rings. The molecule has 0 fully saturated rings. The topological polar surface area (TPSA) is 34.1 Å². The fourth-order valence-corrected chi connectivity index (χ4v) is 2.92. The lowest BCUT2D eigenvalue weighted by molar-refractivity contribution is 0.100. The summed E-state index contributed by atoms with van der Waals surface area (Å²) in [5.74, 6) is 0.0971. The smallest absolute Gasteiger partial charge is 0.159 e. The second-order valence-corrected chi connectivity index (χ2v) is 5.97. The standard InChI is InChI=1S/C22H18O2/c1-13-14(2)22(20-11-7-18(8-12-20)16(4)24)21(13)19-9-5-17(6-10-19)15(3)23/h5-12H,1-2H2,3-4H3. The predicted molar refractivity (Wildman–Crippen MR) is 98.0 cm³/mol. The molecule has 118 valence electrons. The molecule has 2 aromatic carbocycles. The highest BCUT2D eigenvalue weighted by Gasteiger charge is 2.28. The largest absolute Gasteiger partial charge is 0.295 e. The Morgan fingerprint density at radius 3 is 1.17 bits per heavy atom. The molecule has 3 rings (SSSR count). The van der Waals surface area contributed by atoms with E-state index in [0.717, 1.165) is 33.4 Å². The van der Waals surface area contributed by atoms with Crippen molar-refractivity contribution in [2.75, 3.05) is 0 Å². The number of carbonyl (C=O) groups excluding carboxylic acids is 2. The van der Waals surface area contributed by atoms with Gasteiger partial charge in [-0.3, -0.25) is 9.59 Å². The number of Topliss-reactive ketones (excluding diaryl/α,β-unsaturated/α-hetero) is 2. The van der Waals surface area contributed by atoms with Gasteiger partial charge < -0.3 is 0 Å². The van der Waals surface area contributed by atoms with Crippen LogP contribution in [0.4, 0.5) is 0 Å². The van der Waals surface area contributed by atoms with Gasteiger partial charge in [-0.05, 0) is 47.3 Å². The van der Waals surface area contributed by atoms with E-state index in [2.05, 4.69) is 13.2 Å². The Morgan fingerprint density at radius 2 is 0.917 bits per heavy atom. The number of rotatable bonds is 4. The number of allylic oxidation sites excluding steroid dienone is 4. The van der Waals surface area contributed by atoms with Crippen molar-refractivity contribution in [3.05, 3.63) is 95.1 Å². The van der Waals surface area contributed by atoms with E-state index in [-0.39, 0.29) is 11.6 Å². The van der Waals surface area contributed by atoms with Gasteiger partial charge in [-0.2, -0.15) is 0 Å². The molecule has 0 amide bonds. The van der Waals surface area contributed by atoms with Crippen molar-refractivity contribution in [3.63, 3.8) is 0 Å². The minimum absolute atomic E-state index is 0.0485. The maximum atomic E-state index is 11.4. The first-order valence-corrected chi connectivity index (χ1v) is 7.76. The summed E-state index contributed by atoms with van der Waals surface area (Å²) in [5, 5.41) is 0. The number of ketones is 2. The van der Waals surface area contributed by atoms with E-state index in [1.165, 1.54) is 0 Å². The molecule has 2 aromatic rings. The lowest BCUT2D eigenvalue weighted by Gasteiger charge is -2.30. The highest BCUT2D eigenvalue weighted by Crippen LogP contribution is 2.49. The van der Waals surface area contributed by atoms with Crippen LogP contribution in [0.1, 0.15) is 45.7 Å². The molecule has 0 N–H and O–H groups in total. The van der Waals surface area contributed by atoms with Crippen LogP contribution in [-0.4, -0.2) is 11.6 Å². The second kappa shape index (κ2) is 5.89. The Kier molecular flexibility index (Phi) is 3.90. The number of hydrogen-bond donors (Lipinski definition) is 0. The molecule has 0 heterocycles. The Bertz CT molecular complexity index is 830. The van der Waals surface area contributed by atoms with Gasteiger partial charge >= 0.3 is 0 Å². The van der Waals surface area contributed by atoms with Crippen molar-refractivity contribution in [1.29, 1.82) is 0 Å². The number of hydrogen-bond acceptors (Lipinski definition) is 2. The van der Waals surface area contributed by atoms with Crippen molar-refractivity contribution in [1.82, 2.24) is 0 Å². The van der Waals surface area contributed by atoms with E-state index in [9.17, 15) is 9.59 Å². The van der Waals surface area contributed by atoms with Crippen LogP contribution in [0.2, 0.25) is 0 Å². The van der Waals surface area contributed by atoms with Gasteiger partial charge in [0.25, 0.3) is 0 Å². The highest BCUT2D eigenvalue weighted by atomic mass is 16.1. The SMILES string of the molecule is C=C1C(=C)C(c2ccc(C(C)=O)cc2)=C1c1ccc(C(C)=O)cc1. The van der Waals surface area contributed by atoms with Crippen molar-refractivity contribution in [3.8, 4) is 0 Å². The monoisotopic (exact) mass is 314 g/mol. The molecule has 0 radical (unpaired) electrons. The molecule has 0 bridgehead atoms. The summed E-state index contributed by atoms with van der Waals surface area (Å²) in [4.78, 5) is 22.9. The molecule has 0 saturated carbocycles. The lowest BCUT2D eigenvalue weighted by Crippen LogP contribution is -2.10. The maximum Gasteiger partial charge on any atom is 0.159 e. The third-order valence-corrected chi connectivity index (χ3v) is 4.38. The zero-order valence-electron chi connectivity index (χ0n) is 13.8. The third-order valence-electron chi connectivity index (χ3n) is 4.38.